The molecule has 0 aliphatic carbocycles. The number of non-ortho nitro benzene ring substituents is 1. The summed E-state index contributed by atoms with van der Waals surface area (Å²) in [4.78, 5) is 17.2. The molecular weight excluding hydrogens is 270 g/mol. The van der Waals surface area contributed by atoms with Gasteiger partial charge in [0.1, 0.15) is 5.82 Å². The first kappa shape index (κ1) is 13.7. The second kappa shape index (κ2) is 5.63. The number of nitrogens with one attached hydrogen (secondary N) is 1. The Morgan fingerprint density at radius 3 is 2.67 bits per heavy atom. The number of nitro benzene ring substituents is 1. The minimum absolute atomic E-state index is 0.0871. The van der Waals surface area contributed by atoms with Crippen molar-refractivity contribution in [1.29, 1.82) is 0 Å². The zero-order chi connectivity index (χ0) is 14.8. The number of nitro groups is 1. The van der Waals surface area contributed by atoms with Gasteiger partial charge < -0.3 is 10.3 Å². The van der Waals surface area contributed by atoms with Crippen molar-refractivity contribution in [3.05, 3.63) is 40.4 Å². The SMILES string of the molecule is CN1CCN(Nc2ccc3cc([N+](=O)[O-])ccc3n2)CC1. The number of anilines is 1. The topological polar surface area (TPSA) is 74.5 Å². The fourth-order valence-corrected chi connectivity index (χ4v) is 2.37. The van der Waals surface area contributed by atoms with Gasteiger partial charge in [0.2, 0.25) is 0 Å². The Labute approximate surface area is 122 Å². The third-order valence-electron chi connectivity index (χ3n) is 3.66. The van der Waals surface area contributed by atoms with E-state index in [1.807, 2.05) is 12.1 Å². The van der Waals surface area contributed by atoms with E-state index in [2.05, 4.69) is 27.4 Å². The van der Waals surface area contributed by atoms with E-state index in [4.69, 9.17) is 0 Å². The van der Waals surface area contributed by atoms with Crippen LogP contribution in [0.3, 0.4) is 0 Å². The third kappa shape index (κ3) is 3.09. The van der Waals surface area contributed by atoms with Crippen LogP contribution in [0, 0.1) is 10.1 Å². The molecule has 1 aromatic carbocycles. The van der Waals surface area contributed by atoms with Gasteiger partial charge in [0.15, 0.2) is 0 Å². The normalized spacial score (nSPS) is 17.0. The van der Waals surface area contributed by atoms with Gasteiger partial charge in [-0.2, -0.15) is 0 Å². The van der Waals surface area contributed by atoms with E-state index in [1.165, 1.54) is 6.07 Å². The van der Waals surface area contributed by atoms with Crippen molar-refractivity contribution in [2.24, 2.45) is 0 Å². The summed E-state index contributed by atoms with van der Waals surface area (Å²) in [7, 11) is 2.11. The van der Waals surface area contributed by atoms with Gasteiger partial charge in [0, 0.05) is 43.7 Å². The molecule has 3 rings (SSSR count). The highest BCUT2D eigenvalue weighted by Gasteiger charge is 2.14. The average Bonchev–Trinajstić information content (AvgIpc) is 2.49. The van der Waals surface area contributed by atoms with Crippen LogP contribution >= 0.6 is 0 Å². The molecule has 0 bridgehead atoms. The lowest BCUT2D eigenvalue weighted by Crippen LogP contribution is -2.47. The molecule has 0 spiro atoms. The molecule has 2 heterocycles. The van der Waals surface area contributed by atoms with E-state index in [9.17, 15) is 10.1 Å². The van der Waals surface area contributed by atoms with Crippen molar-refractivity contribution in [2.45, 2.75) is 0 Å². The van der Waals surface area contributed by atoms with Crippen LogP contribution in [0.5, 0.6) is 0 Å². The molecule has 110 valence electrons. The van der Waals surface area contributed by atoms with Gasteiger partial charge in [0.25, 0.3) is 5.69 Å². The molecule has 0 unspecified atom stereocenters. The quantitative estimate of drug-likeness (QED) is 0.684. The number of likely N-dealkylation sites (N-methyl/N-ethyl adjacent to an activating group) is 1. The smallest absolute Gasteiger partial charge is 0.270 e. The molecule has 0 saturated carbocycles. The number of rotatable bonds is 3. The van der Waals surface area contributed by atoms with E-state index < -0.39 is 4.92 Å². The maximum atomic E-state index is 10.8. The van der Waals surface area contributed by atoms with E-state index in [-0.39, 0.29) is 5.69 Å². The Morgan fingerprint density at radius 1 is 1.19 bits per heavy atom. The summed E-state index contributed by atoms with van der Waals surface area (Å²) in [5.74, 6) is 0.765. The van der Waals surface area contributed by atoms with Crippen LogP contribution in [0.2, 0.25) is 0 Å². The monoisotopic (exact) mass is 287 g/mol. The minimum Gasteiger partial charge on any atom is -0.304 e. The van der Waals surface area contributed by atoms with Crippen molar-refractivity contribution in [3.8, 4) is 0 Å². The standard InChI is InChI=1S/C14H17N5O2/c1-17-6-8-18(9-7-17)16-14-5-2-11-10-12(19(20)21)3-4-13(11)15-14/h2-5,10H,6-9H2,1H3,(H,15,16). The van der Waals surface area contributed by atoms with Crippen LogP contribution in [0.1, 0.15) is 0 Å². The molecule has 1 saturated heterocycles. The van der Waals surface area contributed by atoms with Crippen molar-refractivity contribution in [1.82, 2.24) is 14.9 Å². The molecule has 1 aliphatic heterocycles. The first-order valence-electron chi connectivity index (χ1n) is 6.87. The lowest BCUT2D eigenvalue weighted by Gasteiger charge is -2.32. The summed E-state index contributed by atoms with van der Waals surface area (Å²) in [5, 5.41) is 13.7. The molecule has 21 heavy (non-hydrogen) atoms. The molecule has 1 N–H and O–H groups in total. The summed E-state index contributed by atoms with van der Waals surface area (Å²) in [6.07, 6.45) is 0. The molecule has 0 atom stereocenters. The Balaban J connectivity index is 1.78. The Morgan fingerprint density at radius 2 is 1.95 bits per heavy atom. The molecule has 0 radical (unpaired) electrons. The summed E-state index contributed by atoms with van der Waals surface area (Å²) in [6, 6.07) is 8.41. The number of hydrogen-bond acceptors (Lipinski definition) is 6. The highest BCUT2D eigenvalue weighted by atomic mass is 16.6. The molecule has 7 heteroatoms. The summed E-state index contributed by atoms with van der Waals surface area (Å²) in [6.45, 7) is 3.92. The number of nitrogens with zero attached hydrogens (tertiary/aromatic N) is 4. The number of hydrazine groups is 1. The summed E-state index contributed by atoms with van der Waals surface area (Å²) in [5.41, 5.74) is 4.13. The van der Waals surface area contributed by atoms with Crippen LogP contribution in [0.4, 0.5) is 11.5 Å². The van der Waals surface area contributed by atoms with Crippen LogP contribution in [0.15, 0.2) is 30.3 Å². The molecule has 0 amide bonds. The summed E-state index contributed by atoms with van der Waals surface area (Å²) >= 11 is 0. The fourth-order valence-electron chi connectivity index (χ4n) is 2.37. The first-order chi connectivity index (χ1) is 10.1. The zero-order valence-corrected chi connectivity index (χ0v) is 11.8. The maximum Gasteiger partial charge on any atom is 0.270 e. The Kier molecular flexibility index (Phi) is 3.68. The Bertz CT molecular complexity index is 667. The predicted molar refractivity (Wildman–Crippen MR) is 81.1 cm³/mol. The second-order valence-corrected chi connectivity index (χ2v) is 5.23. The second-order valence-electron chi connectivity index (χ2n) is 5.23. The first-order valence-corrected chi connectivity index (χ1v) is 6.87. The van der Waals surface area contributed by atoms with E-state index in [1.54, 1.807) is 12.1 Å². The molecule has 1 aromatic heterocycles. The maximum absolute atomic E-state index is 10.8. The van der Waals surface area contributed by atoms with Gasteiger partial charge in [-0.1, -0.05) is 0 Å². The van der Waals surface area contributed by atoms with Gasteiger partial charge in [0.05, 0.1) is 10.4 Å². The van der Waals surface area contributed by atoms with Crippen LogP contribution in [0.25, 0.3) is 10.9 Å². The van der Waals surface area contributed by atoms with Crippen molar-refractivity contribution in [3.63, 3.8) is 0 Å². The fraction of sp³-hybridized carbons (Fsp3) is 0.357. The lowest BCUT2D eigenvalue weighted by molar-refractivity contribution is -0.384. The molecule has 1 fully saturated rings. The number of benzene rings is 1. The van der Waals surface area contributed by atoms with Crippen LogP contribution in [-0.2, 0) is 0 Å². The Hall–Kier alpha value is -2.25. The number of fused-ring (bicyclic) bond motifs is 1. The van der Waals surface area contributed by atoms with E-state index >= 15 is 0 Å². The van der Waals surface area contributed by atoms with Crippen molar-refractivity contribution >= 4 is 22.4 Å². The molecular formula is C14H17N5O2. The highest BCUT2D eigenvalue weighted by Crippen LogP contribution is 2.21. The minimum atomic E-state index is -0.393. The summed E-state index contributed by atoms with van der Waals surface area (Å²) < 4.78 is 0. The zero-order valence-electron chi connectivity index (χ0n) is 11.8. The van der Waals surface area contributed by atoms with Gasteiger partial charge >= 0.3 is 0 Å². The van der Waals surface area contributed by atoms with Crippen LogP contribution < -0.4 is 5.43 Å². The number of aromatic nitrogens is 1. The van der Waals surface area contributed by atoms with Gasteiger partial charge in [-0.05, 0) is 25.2 Å². The number of piperazine rings is 1. The van der Waals surface area contributed by atoms with Crippen molar-refractivity contribution in [2.75, 3.05) is 38.7 Å². The molecule has 1 aliphatic rings. The largest absolute Gasteiger partial charge is 0.304 e. The molecule has 7 nitrogen and oxygen atoms in total. The number of hydrogen-bond donors (Lipinski definition) is 1. The van der Waals surface area contributed by atoms with Gasteiger partial charge in [-0.15, -0.1) is 0 Å². The average molecular weight is 287 g/mol. The van der Waals surface area contributed by atoms with Gasteiger partial charge in [-0.25, -0.2) is 9.99 Å². The van der Waals surface area contributed by atoms with E-state index in [0.29, 0.717) is 0 Å². The van der Waals surface area contributed by atoms with Crippen LogP contribution in [-0.4, -0.2) is 53.0 Å². The third-order valence-corrected chi connectivity index (χ3v) is 3.66. The highest BCUT2D eigenvalue weighted by molar-refractivity contribution is 5.82. The molecule has 2 aromatic rings. The van der Waals surface area contributed by atoms with Crippen molar-refractivity contribution < 1.29 is 4.92 Å². The number of pyridine rings is 1. The van der Waals surface area contributed by atoms with Gasteiger partial charge in [-0.3, -0.25) is 10.1 Å². The lowest BCUT2D eigenvalue weighted by atomic mass is 10.2. The predicted octanol–water partition coefficient (Wildman–Crippen LogP) is 1.72. The van der Waals surface area contributed by atoms with E-state index in [0.717, 1.165) is 42.9 Å².